The van der Waals surface area contributed by atoms with Crippen molar-refractivity contribution in [3.63, 3.8) is 0 Å². The third kappa shape index (κ3) is 21.5. The fourth-order valence-corrected chi connectivity index (χ4v) is 3.59. The van der Waals surface area contributed by atoms with Gasteiger partial charge in [-0.1, -0.05) is 51.5 Å². The van der Waals surface area contributed by atoms with Crippen LogP contribution in [-0.2, 0) is 34.8 Å². The molecule has 1 aromatic carbocycles. The second-order valence-corrected chi connectivity index (χ2v) is 8.92. The summed E-state index contributed by atoms with van der Waals surface area (Å²) in [6.45, 7) is 8.35. The first-order chi connectivity index (χ1) is 18.8. The average Bonchev–Trinajstić information content (AvgIpc) is 2.93. The lowest BCUT2D eigenvalue weighted by Gasteiger charge is -2.11. The molecule has 1 rings (SSSR count). The van der Waals surface area contributed by atoms with E-state index in [1.807, 2.05) is 12.1 Å². The van der Waals surface area contributed by atoms with Crippen molar-refractivity contribution in [2.24, 2.45) is 0 Å². The largest absolute Gasteiger partial charge is 0.504 e. The van der Waals surface area contributed by atoms with Crippen molar-refractivity contribution in [1.82, 2.24) is 0 Å². The van der Waals surface area contributed by atoms with Gasteiger partial charge >= 0.3 is 0 Å². The van der Waals surface area contributed by atoms with E-state index in [-0.39, 0.29) is 12.4 Å². The van der Waals surface area contributed by atoms with Crippen molar-refractivity contribution in [1.29, 1.82) is 0 Å². The van der Waals surface area contributed by atoms with Crippen LogP contribution in [0, 0.1) is 0 Å². The van der Waals surface area contributed by atoms with Crippen LogP contribution in [0.4, 0.5) is 0 Å². The number of aliphatic hydroxyl groups is 1. The minimum atomic E-state index is 0.0272. The first-order valence-electron chi connectivity index (χ1n) is 14.3. The molecular weight excluding hydrogens is 492 g/mol. The minimum Gasteiger partial charge on any atom is -0.504 e. The van der Waals surface area contributed by atoms with Crippen molar-refractivity contribution < 1.29 is 43.4 Å². The van der Waals surface area contributed by atoms with Crippen molar-refractivity contribution in [2.45, 2.75) is 58.3 Å². The van der Waals surface area contributed by atoms with Gasteiger partial charge in [0, 0.05) is 0 Å². The first-order valence-corrected chi connectivity index (χ1v) is 14.3. The van der Waals surface area contributed by atoms with Gasteiger partial charge in [-0.2, -0.15) is 0 Å². The molecule has 0 aliphatic carbocycles. The summed E-state index contributed by atoms with van der Waals surface area (Å²) in [6, 6.07) is 5.62. The normalized spacial score (nSPS) is 11.3. The highest BCUT2D eigenvalue weighted by Crippen LogP contribution is 2.27. The lowest BCUT2D eigenvalue weighted by atomic mass is 10.0. The van der Waals surface area contributed by atoms with Gasteiger partial charge < -0.3 is 43.4 Å². The smallest absolute Gasteiger partial charge is 0.161 e. The zero-order valence-electron chi connectivity index (χ0n) is 23.5. The molecule has 0 saturated carbocycles. The Morgan fingerprint density at radius 3 is 1.50 bits per heavy atom. The Labute approximate surface area is 229 Å². The molecule has 0 fully saturated rings. The molecule has 0 aliphatic heterocycles. The molecule has 0 spiro atoms. The van der Waals surface area contributed by atoms with Crippen molar-refractivity contribution >= 4 is 0 Å². The average molecular weight is 545 g/mol. The third-order valence-corrected chi connectivity index (χ3v) is 5.67. The number of aryl methyl sites for hydroxylation is 1. The van der Waals surface area contributed by atoms with Crippen LogP contribution < -0.4 is 4.74 Å². The van der Waals surface area contributed by atoms with Crippen molar-refractivity contribution in [3.05, 3.63) is 23.8 Å². The van der Waals surface area contributed by atoms with Crippen LogP contribution in [0.2, 0.25) is 0 Å². The van der Waals surface area contributed by atoms with Crippen LogP contribution >= 0.6 is 0 Å². The molecule has 1 aromatic rings. The number of hydrogen-bond acceptors (Lipinski definition) is 9. The Morgan fingerprint density at radius 2 is 1.00 bits per heavy atom. The number of rotatable bonds is 29. The highest BCUT2D eigenvalue weighted by atomic mass is 16.6. The Balaban J connectivity index is 1.88. The third-order valence-electron chi connectivity index (χ3n) is 5.67. The molecule has 9 nitrogen and oxygen atoms in total. The summed E-state index contributed by atoms with van der Waals surface area (Å²) in [5.74, 6) is 0.679. The van der Waals surface area contributed by atoms with Gasteiger partial charge in [0.2, 0.25) is 0 Å². The molecule has 222 valence electrons. The number of benzene rings is 1. The zero-order valence-corrected chi connectivity index (χ0v) is 23.5. The van der Waals surface area contributed by atoms with Gasteiger partial charge in [-0.15, -0.1) is 0 Å². The van der Waals surface area contributed by atoms with E-state index < -0.39 is 0 Å². The zero-order chi connectivity index (χ0) is 27.4. The molecule has 2 N–H and O–H groups in total. The molecule has 0 saturated heterocycles. The molecule has 9 heteroatoms. The maximum atomic E-state index is 10.1. The molecule has 0 atom stereocenters. The number of phenols is 1. The summed E-state index contributed by atoms with van der Waals surface area (Å²) in [7, 11) is 0. The summed E-state index contributed by atoms with van der Waals surface area (Å²) in [6.07, 6.45) is 10.0. The van der Waals surface area contributed by atoms with Gasteiger partial charge in [-0.3, -0.25) is 0 Å². The monoisotopic (exact) mass is 544 g/mol. The summed E-state index contributed by atoms with van der Waals surface area (Å²) in [5, 5.41) is 18.6. The van der Waals surface area contributed by atoms with Gasteiger partial charge in [0.1, 0.15) is 6.61 Å². The topological polar surface area (TPSA) is 105 Å². The Bertz CT molecular complexity index is 630. The van der Waals surface area contributed by atoms with Gasteiger partial charge in [0.15, 0.2) is 11.5 Å². The number of unbranched alkanes of at least 4 members (excludes halogenated alkanes) is 6. The summed E-state index contributed by atoms with van der Waals surface area (Å²) >= 11 is 0. The number of aromatic hydroxyl groups is 1. The number of aliphatic hydroxyl groups excluding tert-OH is 1. The molecule has 0 bridgehead atoms. The molecule has 0 aromatic heterocycles. The fourth-order valence-electron chi connectivity index (χ4n) is 3.59. The molecule has 38 heavy (non-hydrogen) atoms. The van der Waals surface area contributed by atoms with Gasteiger partial charge in [-0.25, -0.2) is 0 Å². The fraction of sp³-hybridized carbons (Fsp3) is 0.793. The lowest BCUT2D eigenvalue weighted by Crippen LogP contribution is -2.15. The predicted octanol–water partition coefficient (Wildman–Crippen LogP) is 4.16. The Morgan fingerprint density at radius 1 is 0.553 bits per heavy atom. The molecule has 0 heterocycles. The van der Waals surface area contributed by atoms with E-state index in [4.69, 9.17) is 38.3 Å². The van der Waals surface area contributed by atoms with E-state index >= 15 is 0 Å². The molecule has 0 amide bonds. The van der Waals surface area contributed by atoms with Crippen LogP contribution in [-0.4, -0.2) is 103 Å². The quantitative estimate of drug-likeness (QED) is 0.144. The van der Waals surface area contributed by atoms with Gasteiger partial charge in [0.05, 0.1) is 85.9 Å². The first kappa shape index (κ1) is 34.6. The number of phenolic OH excluding ortho intramolecular Hbond substituents is 1. The molecule has 0 radical (unpaired) electrons. The van der Waals surface area contributed by atoms with Crippen LogP contribution in [0.1, 0.15) is 57.4 Å². The van der Waals surface area contributed by atoms with E-state index in [0.717, 1.165) is 12.8 Å². The van der Waals surface area contributed by atoms with Gasteiger partial charge in [-0.05, 0) is 30.5 Å². The van der Waals surface area contributed by atoms with E-state index in [9.17, 15) is 5.11 Å². The highest BCUT2D eigenvalue weighted by molar-refractivity contribution is 5.41. The minimum absolute atomic E-state index is 0.0272. The Hall–Kier alpha value is -1.46. The van der Waals surface area contributed by atoms with E-state index in [2.05, 4.69) is 6.92 Å². The number of ether oxygens (including phenoxy) is 7. The van der Waals surface area contributed by atoms with Crippen LogP contribution in [0.15, 0.2) is 18.2 Å². The second-order valence-electron chi connectivity index (χ2n) is 8.92. The standard InChI is InChI=1S/C29H52O9/c1-2-3-4-5-6-7-8-9-27-10-11-28(31)29(26-27)38-25-24-37-23-22-36-21-20-35-19-18-34-17-16-33-15-14-32-13-12-30/h10-11,26,30-31H,2-9,12-25H2,1H3. The predicted molar refractivity (Wildman–Crippen MR) is 147 cm³/mol. The molecular formula is C29H52O9. The van der Waals surface area contributed by atoms with E-state index in [1.165, 1.54) is 44.1 Å². The summed E-state index contributed by atoms with van der Waals surface area (Å²) in [4.78, 5) is 0. The SMILES string of the molecule is CCCCCCCCCc1ccc(O)c(OCCOCCOCCOCCOCCOCCOCCO)c1. The van der Waals surface area contributed by atoms with Crippen LogP contribution in [0.5, 0.6) is 11.5 Å². The molecule has 0 unspecified atom stereocenters. The summed E-state index contributed by atoms with van der Waals surface area (Å²) < 4.78 is 38.0. The maximum Gasteiger partial charge on any atom is 0.161 e. The molecule has 0 aliphatic rings. The number of hydrogen-bond donors (Lipinski definition) is 2. The van der Waals surface area contributed by atoms with Crippen molar-refractivity contribution in [3.8, 4) is 11.5 Å². The lowest BCUT2D eigenvalue weighted by molar-refractivity contribution is -0.0191. The second kappa shape index (κ2) is 27.1. The van der Waals surface area contributed by atoms with Crippen molar-refractivity contribution in [2.75, 3.05) is 92.5 Å². The van der Waals surface area contributed by atoms with Crippen LogP contribution in [0.25, 0.3) is 0 Å². The van der Waals surface area contributed by atoms with E-state index in [1.54, 1.807) is 6.07 Å². The summed E-state index contributed by atoms with van der Waals surface area (Å²) in [5.41, 5.74) is 1.19. The van der Waals surface area contributed by atoms with Crippen LogP contribution in [0.3, 0.4) is 0 Å². The Kier molecular flexibility index (Phi) is 24.7. The maximum absolute atomic E-state index is 10.1. The van der Waals surface area contributed by atoms with E-state index in [0.29, 0.717) is 91.6 Å². The highest BCUT2D eigenvalue weighted by Gasteiger charge is 2.05. The van der Waals surface area contributed by atoms with Gasteiger partial charge in [0.25, 0.3) is 0 Å².